The number of aliphatic carboxylic acids is 1. The average molecular weight is 207 g/mol. The molecule has 0 fully saturated rings. The third kappa shape index (κ3) is 2.56. The van der Waals surface area contributed by atoms with Crippen LogP contribution >= 0.6 is 0 Å². The molecule has 0 unspecified atom stereocenters. The summed E-state index contributed by atoms with van der Waals surface area (Å²) < 4.78 is 0. The highest BCUT2D eigenvalue weighted by Crippen LogP contribution is 2.19. The molecule has 0 aliphatic rings. The van der Waals surface area contributed by atoms with Crippen molar-refractivity contribution >= 4 is 17.6 Å². The highest BCUT2D eigenvalue weighted by atomic mass is 16.4. The van der Waals surface area contributed by atoms with E-state index in [1.807, 2.05) is 26.8 Å². The molecule has 0 aliphatic carbocycles. The summed E-state index contributed by atoms with van der Waals surface area (Å²) in [5.41, 5.74) is 3.53. The number of carboxylic acids is 1. The smallest absolute Gasteiger partial charge is 0.394 e. The van der Waals surface area contributed by atoms with Gasteiger partial charge in [0.25, 0.3) is 0 Å². The molecule has 0 radical (unpaired) electrons. The van der Waals surface area contributed by atoms with E-state index in [9.17, 15) is 9.59 Å². The van der Waals surface area contributed by atoms with Gasteiger partial charge < -0.3 is 10.4 Å². The van der Waals surface area contributed by atoms with Crippen LogP contribution in [0.1, 0.15) is 16.7 Å². The fraction of sp³-hybridized carbons (Fsp3) is 0.273. The van der Waals surface area contributed by atoms with Gasteiger partial charge in [-0.05, 0) is 43.5 Å². The minimum atomic E-state index is -1.48. The Labute approximate surface area is 87.9 Å². The van der Waals surface area contributed by atoms with E-state index in [2.05, 4.69) is 5.32 Å². The lowest BCUT2D eigenvalue weighted by Gasteiger charge is -2.09. The molecular weight excluding hydrogens is 194 g/mol. The van der Waals surface area contributed by atoms with Crippen molar-refractivity contribution in [1.82, 2.24) is 0 Å². The molecule has 0 bridgehead atoms. The fourth-order valence-electron chi connectivity index (χ4n) is 1.27. The molecule has 1 amide bonds. The van der Waals surface area contributed by atoms with E-state index >= 15 is 0 Å². The van der Waals surface area contributed by atoms with E-state index in [-0.39, 0.29) is 0 Å². The first kappa shape index (κ1) is 11.2. The molecule has 1 aromatic carbocycles. The Hall–Kier alpha value is -1.84. The van der Waals surface area contributed by atoms with Crippen molar-refractivity contribution in [3.8, 4) is 0 Å². The van der Waals surface area contributed by atoms with Gasteiger partial charge in [0.2, 0.25) is 0 Å². The molecule has 80 valence electrons. The Kier molecular flexibility index (Phi) is 3.09. The van der Waals surface area contributed by atoms with E-state index in [4.69, 9.17) is 5.11 Å². The van der Waals surface area contributed by atoms with Crippen LogP contribution in [0.2, 0.25) is 0 Å². The summed E-state index contributed by atoms with van der Waals surface area (Å²) in [6.45, 7) is 5.69. The predicted molar refractivity (Wildman–Crippen MR) is 56.9 cm³/mol. The molecule has 2 N–H and O–H groups in total. The van der Waals surface area contributed by atoms with E-state index in [1.54, 1.807) is 6.07 Å². The lowest BCUT2D eigenvalue weighted by atomic mass is 10.1. The largest absolute Gasteiger partial charge is 0.474 e. The SMILES string of the molecule is Cc1cc(C)c(NC(=O)C(=O)O)cc1C. The maximum absolute atomic E-state index is 11.0. The second-order valence-electron chi connectivity index (χ2n) is 3.51. The monoisotopic (exact) mass is 207 g/mol. The molecule has 1 aromatic rings. The van der Waals surface area contributed by atoms with Gasteiger partial charge in [-0.3, -0.25) is 4.79 Å². The lowest BCUT2D eigenvalue weighted by molar-refractivity contribution is -0.147. The number of anilines is 1. The van der Waals surface area contributed by atoms with Crippen molar-refractivity contribution in [2.75, 3.05) is 5.32 Å². The number of carbonyl (C=O) groups excluding carboxylic acids is 1. The van der Waals surface area contributed by atoms with Gasteiger partial charge in [0.1, 0.15) is 0 Å². The second-order valence-corrected chi connectivity index (χ2v) is 3.51. The molecule has 4 heteroatoms. The number of carbonyl (C=O) groups is 2. The van der Waals surface area contributed by atoms with Crippen molar-refractivity contribution in [3.05, 3.63) is 28.8 Å². The summed E-state index contributed by atoms with van der Waals surface area (Å²) in [5, 5.41) is 10.8. The van der Waals surface area contributed by atoms with E-state index in [0.717, 1.165) is 16.7 Å². The normalized spacial score (nSPS) is 9.80. The van der Waals surface area contributed by atoms with Gasteiger partial charge in [0.15, 0.2) is 0 Å². The number of nitrogens with one attached hydrogen (secondary N) is 1. The quantitative estimate of drug-likeness (QED) is 0.688. The summed E-state index contributed by atoms with van der Waals surface area (Å²) in [6.07, 6.45) is 0. The third-order valence-electron chi connectivity index (χ3n) is 2.28. The molecule has 1 rings (SSSR count). The molecule has 0 saturated heterocycles. The topological polar surface area (TPSA) is 66.4 Å². The molecule has 0 aliphatic heterocycles. The van der Waals surface area contributed by atoms with E-state index in [0.29, 0.717) is 5.69 Å². The number of rotatable bonds is 1. The highest BCUT2D eigenvalue weighted by molar-refractivity contribution is 6.36. The first-order valence-corrected chi connectivity index (χ1v) is 4.54. The van der Waals surface area contributed by atoms with Crippen LogP contribution < -0.4 is 5.32 Å². The number of benzene rings is 1. The maximum Gasteiger partial charge on any atom is 0.394 e. The van der Waals surface area contributed by atoms with Crippen molar-refractivity contribution in [2.45, 2.75) is 20.8 Å². The zero-order chi connectivity index (χ0) is 11.6. The highest BCUT2D eigenvalue weighted by Gasteiger charge is 2.12. The Morgan fingerprint density at radius 2 is 1.60 bits per heavy atom. The van der Waals surface area contributed by atoms with Crippen LogP contribution in [0.3, 0.4) is 0 Å². The van der Waals surface area contributed by atoms with Gasteiger partial charge in [-0.15, -0.1) is 0 Å². The minimum absolute atomic E-state index is 0.547. The average Bonchev–Trinajstić information content (AvgIpc) is 2.13. The Morgan fingerprint density at radius 3 is 2.13 bits per heavy atom. The van der Waals surface area contributed by atoms with Crippen LogP contribution in [-0.4, -0.2) is 17.0 Å². The summed E-state index contributed by atoms with van der Waals surface area (Å²) in [4.78, 5) is 21.3. The van der Waals surface area contributed by atoms with Crippen LogP contribution in [0.4, 0.5) is 5.69 Å². The Morgan fingerprint density at radius 1 is 1.07 bits per heavy atom. The summed E-state index contributed by atoms with van der Waals surface area (Å²) in [6, 6.07) is 3.68. The van der Waals surface area contributed by atoms with Crippen molar-refractivity contribution in [3.63, 3.8) is 0 Å². The van der Waals surface area contributed by atoms with Crippen LogP contribution in [0.5, 0.6) is 0 Å². The summed E-state index contributed by atoms with van der Waals surface area (Å²) >= 11 is 0. The van der Waals surface area contributed by atoms with Crippen molar-refractivity contribution in [1.29, 1.82) is 0 Å². The fourth-order valence-corrected chi connectivity index (χ4v) is 1.27. The molecule has 0 aromatic heterocycles. The van der Waals surface area contributed by atoms with Crippen LogP contribution in [-0.2, 0) is 9.59 Å². The zero-order valence-electron chi connectivity index (χ0n) is 8.92. The molecule has 4 nitrogen and oxygen atoms in total. The molecule has 0 spiro atoms. The summed E-state index contributed by atoms with van der Waals surface area (Å²) in [7, 11) is 0. The Bertz CT molecular complexity index is 424. The molecule has 0 atom stereocenters. The van der Waals surface area contributed by atoms with Crippen LogP contribution in [0.25, 0.3) is 0 Å². The van der Waals surface area contributed by atoms with Gasteiger partial charge in [-0.2, -0.15) is 0 Å². The molecule has 0 saturated carbocycles. The number of amides is 1. The third-order valence-corrected chi connectivity index (χ3v) is 2.28. The number of hydrogen-bond donors (Lipinski definition) is 2. The standard InChI is InChI=1S/C11H13NO3/c1-6-4-8(3)9(5-7(6)2)12-10(13)11(14)15/h4-5H,1-3H3,(H,12,13)(H,14,15). The Balaban J connectivity index is 3.01. The van der Waals surface area contributed by atoms with E-state index in [1.165, 1.54) is 0 Å². The zero-order valence-corrected chi connectivity index (χ0v) is 8.92. The van der Waals surface area contributed by atoms with Gasteiger partial charge in [0.05, 0.1) is 0 Å². The first-order chi connectivity index (χ1) is 6.91. The molecule has 15 heavy (non-hydrogen) atoms. The van der Waals surface area contributed by atoms with Crippen molar-refractivity contribution in [2.24, 2.45) is 0 Å². The number of aryl methyl sites for hydroxylation is 3. The van der Waals surface area contributed by atoms with Gasteiger partial charge in [-0.1, -0.05) is 6.07 Å². The number of hydrogen-bond acceptors (Lipinski definition) is 2. The summed E-state index contributed by atoms with van der Waals surface area (Å²) in [5.74, 6) is -2.49. The van der Waals surface area contributed by atoms with Crippen LogP contribution in [0.15, 0.2) is 12.1 Å². The second kappa shape index (κ2) is 4.13. The van der Waals surface area contributed by atoms with Crippen LogP contribution in [0, 0.1) is 20.8 Å². The minimum Gasteiger partial charge on any atom is -0.474 e. The predicted octanol–water partition coefficient (Wildman–Crippen LogP) is 1.63. The molecular formula is C11H13NO3. The number of carboxylic acid groups (broad SMARTS) is 1. The maximum atomic E-state index is 11.0. The van der Waals surface area contributed by atoms with E-state index < -0.39 is 11.9 Å². The van der Waals surface area contributed by atoms with Gasteiger partial charge in [0, 0.05) is 5.69 Å². The first-order valence-electron chi connectivity index (χ1n) is 4.54. The lowest BCUT2D eigenvalue weighted by Crippen LogP contribution is -2.22. The van der Waals surface area contributed by atoms with Gasteiger partial charge >= 0.3 is 11.9 Å². The van der Waals surface area contributed by atoms with Gasteiger partial charge in [-0.25, -0.2) is 4.79 Å². The van der Waals surface area contributed by atoms with Crippen molar-refractivity contribution < 1.29 is 14.7 Å². The molecule has 0 heterocycles.